The van der Waals surface area contributed by atoms with Crippen LogP contribution in [-0.2, 0) is 33.4 Å². The standard InChI is InChI=1S/C18H16N2O7/c1-9(21)25-17(26-10(2)22)18-6-3-12(27-18)13-14(18)16(24)20(15(13)23)11-4-7-19-8-5-11/h3-8,12-14,17H,1-2H3/t12-,13-,14-,18+/m1/s1. The van der Waals surface area contributed by atoms with Crippen LogP contribution in [0.2, 0.25) is 0 Å². The first-order chi connectivity index (χ1) is 12.8. The normalized spacial score (nSPS) is 30.8. The minimum Gasteiger partial charge on any atom is -0.422 e. The molecule has 0 N–H and O–H groups in total. The van der Waals surface area contributed by atoms with Crippen LogP contribution >= 0.6 is 0 Å². The monoisotopic (exact) mass is 372 g/mol. The molecule has 27 heavy (non-hydrogen) atoms. The molecular formula is C18H16N2O7. The Bertz CT molecular complexity index is 852. The summed E-state index contributed by atoms with van der Waals surface area (Å²) in [5.41, 5.74) is -1.15. The third kappa shape index (κ3) is 2.46. The van der Waals surface area contributed by atoms with Gasteiger partial charge in [-0.05, 0) is 18.2 Å². The summed E-state index contributed by atoms with van der Waals surface area (Å²) in [4.78, 5) is 54.1. The Hall–Kier alpha value is -3.07. The van der Waals surface area contributed by atoms with Crippen LogP contribution in [0, 0.1) is 11.8 Å². The lowest BCUT2D eigenvalue weighted by molar-refractivity contribution is -0.226. The van der Waals surface area contributed by atoms with Crippen molar-refractivity contribution >= 4 is 29.4 Å². The van der Waals surface area contributed by atoms with Crippen molar-refractivity contribution in [2.75, 3.05) is 4.90 Å². The number of carbonyl (C=O) groups excluding carboxylic acids is 4. The number of hydrogen-bond acceptors (Lipinski definition) is 8. The highest BCUT2D eigenvalue weighted by Gasteiger charge is 2.72. The number of carbonyl (C=O) groups is 4. The van der Waals surface area contributed by atoms with Crippen LogP contribution in [-0.4, -0.2) is 46.7 Å². The van der Waals surface area contributed by atoms with Gasteiger partial charge in [-0.25, -0.2) is 4.90 Å². The van der Waals surface area contributed by atoms with Gasteiger partial charge in [0, 0.05) is 26.2 Å². The number of pyridine rings is 1. The fourth-order valence-corrected chi connectivity index (χ4v) is 3.96. The summed E-state index contributed by atoms with van der Waals surface area (Å²) in [5, 5.41) is 0. The van der Waals surface area contributed by atoms with Crippen molar-refractivity contribution < 1.29 is 33.4 Å². The molecule has 140 valence electrons. The van der Waals surface area contributed by atoms with Crippen LogP contribution in [0.3, 0.4) is 0 Å². The van der Waals surface area contributed by atoms with Crippen molar-refractivity contribution in [3.63, 3.8) is 0 Å². The Morgan fingerprint density at radius 3 is 2.37 bits per heavy atom. The summed E-state index contributed by atoms with van der Waals surface area (Å²) in [7, 11) is 0. The molecule has 2 saturated heterocycles. The number of fused-ring (bicyclic) bond motifs is 5. The predicted molar refractivity (Wildman–Crippen MR) is 87.8 cm³/mol. The zero-order valence-corrected chi connectivity index (χ0v) is 14.5. The summed E-state index contributed by atoms with van der Waals surface area (Å²) in [5.74, 6) is -4.10. The predicted octanol–water partition coefficient (Wildman–Crippen LogP) is 0.347. The van der Waals surface area contributed by atoms with E-state index in [1.165, 1.54) is 18.5 Å². The van der Waals surface area contributed by atoms with E-state index < -0.39 is 53.6 Å². The van der Waals surface area contributed by atoms with Gasteiger partial charge in [0.05, 0.1) is 23.6 Å². The number of amides is 2. The molecule has 0 radical (unpaired) electrons. The Morgan fingerprint density at radius 1 is 1.15 bits per heavy atom. The Morgan fingerprint density at radius 2 is 1.78 bits per heavy atom. The number of esters is 2. The van der Waals surface area contributed by atoms with Crippen molar-refractivity contribution in [1.82, 2.24) is 4.98 Å². The number of imide groups is 1. The summed E-state index contributed by atoms with van der Waals surface area (Å²) < 4.78 is 16.2. The van der Waals surface area contributed by atoms with Gasteiger partial charge in [-0.1, -0.05) is 6.08 Å². The molecule has 2 fully saturated rings. The molecule has 4 heterocycles. The molecule has 4 atom stereocenters. The maximum absolute atomic E-state index is 13.2. The van der Waals surface area contributed by atoms with Crippen LogP contribution in [0.4, 0.5) is 5.69 Å². The topological polar surface area (TPSA) is 112 Å². The molecule has 9 nitrogen and oxygen atoms in total. The minimum absolute atomic E-state index is 0.389. The van der Waals surface area contributed by atoms with E-state index in [1.54, 1.807) is 18.2 Å². The summed E-state index contributed by atoms with van der Waals surface area (Å²) >= 11 is 0. The van der Waals surface area contributed by atoms with Crippen molar-refractivity contribution in [2.45, 2.75) is 31.8 Å². The average Bonchev–Trinajstić information content (AvgIpc) is 3.26. The van der Waals surface area contributed by atoms with E-state index in [-0.39, 0.29) is 0 Å². The van der Waals surface area contributed by atoms with Crippen LogP contribution in [0.15, 0.2) is 36.7 Å². The van der Waals surface area contributed by atoms with Crippen LogP contribution < -0.4 is 4.90 Å². The molecule has 3 aliphatic heterocycles. The fraction of sp³-hybridized carbons (Fsp3) is 0.389. The highest BCUT2D eigenvalue weighted by atomic mass is 16.7. The Kier molecular flexibility index (Phi) is 3.84. The van der Waals surface area contributed by atoms with E-state index in [2.05, 4.69) is 4.98 Å². The van der Waals surface area contributed by atoms with Gasteiger partial charge in [0.15, 0.2) is 5.60 Å². The summed E-state index contributed by atoms with van der Waals surface area (Å²) in [6, 6.07) is 3.10. The molecule has 3 aliphatic rings. The molecule has 1 aromatic rings. The largest absolute Gasteiger partial charge is 0.422 e. The van der Waals surface area contributed by atoms with Gasteiger partial charge in [-0.15, -0.1) is 0 Å². The first-order valence-corrected chi connectivity index (χ1v) is 8.34. The molecule has 4 rings (SSSR count). The Balaban J connectivity index is 1.75. The van der Waals surface area contributed by atoms with E-state index in [9.17, 15) is 19.2 Å². The van der Waals surface area contributed by atoms with Gasteiger partial charge >= 0.3 is 11.9 Å². The first-order valence-electron chi connectivity index (χ1n) is 8.34. The molecular weight excluding hydrogens is 356 g/mol. The van der Waals surface area contributed by atoms with Crippen LogP contribution in [0.5, 0.6) is 0 Å². The van der Waals surface area contributed by atoms with Crippen molar-refractivity contribution in [3.8, 4) is 0 Å². The second-order valence-electron chi connectivity index (χ2n) is 6.57. The average molecular weight is 372 g/mol. The van der Waals surface area contributed by atoms with Crippen LogP contribution in [0.1, 0.15) is 13.8 Å². The molecule has 0 spiro atoms. The number of anilines is 1. The second-order valence-corrected chi connectivity index (χ2v) is 6.57. The third-order valence-electron chi connectivity index (χ3n) is 4.91. The van der Waals surface area contributed by atoms with Crippen molar-refractivity contribution in [1.29, 1.82) is 0 Å². The quantitative estimate of drug-likeness (QED) is 0.322. The van der Waals surface area contributed by atoms with Crippen LogP contribution in [0.25, 0.3) is 0 Å². The van der Waals surface area contributed by atoms with Gasteiger partial charge in [-0.2, -0.15) is 0 Å². The number of ether oxygens (including phenoxy) is 3. The zero-order chi connectivity index (χ0) is 19.3. The number of nitrogens with zero attached hydrogens (tertiary/aromatic N) is 2. The molecule has 1 aromatic heterocycles. The van der Waals surface area contributed by atoms with E-state index in [4.69, 9.17) is 14.2 Å². The number of rotatable bonds is 4. The van der Waals surface area contributed by atoms with E-state index >= 15 is 0 Å². The molecule has 2 bridgehead atoms. The van der Waals surface area contributed by atoms with E-state index in [0.29, 0.717) is 5.69 Å². The van der Waals surface area contributed by atoms with E-state index in [0.717, 1.165) is 18.7 Å². The summed E-state index contributed by atoms with van der Waals surface area (Å²) in [6.45, 7) is 2.31. The Labute approximate surface area is 153 Å². The highest BCUT2D eigenvalue weighted by Crippen LogP contribution is 2.54. The van der Waals surface area contributed by atoms with Gasteiger partial charge in [0.1, 0.15) is 0 Å². The number of hydrogen-bond donors (Lipinski definition) is 0. The smallest absolute Gasteiger partial charge is 0.305 e. The lowest BCUT2D eigenvalue weighted by atomic mass is 9.76. The molecule has 0 unspecified atom stereocenters. The van der Waals surface area contributed by atoms with Crippen molar-refractivity contribution in [2.24, 2.45) is 11.8 Å². The van der Waals surface area contributed by atoms with Gasteiger partial charge < -0.3 is 14.2 Å². The molecule has 2 amide bonds. The van der Waals surface area contributed by atoms with Crippen molar-refractivity contribution in [3.05, 3.63) is 36.7 Å². The maximum atomic E-state index is 13.2. The van der Waals surface area contributed by atoms with Gasteiger partial charge in [0.2, 0.25) is 11.8 Å². The number of aromatic nitrogens is 1. The third-order valence-corrected chi connectivity index (χ3v) is 4.91. The minimum atomic E-state index is -1.54. The van der Waals surface area contributed by atoms with Gasteiger partial charge in [-0.3, -0.25) is 24.2 Å². The maximum Gasteiger partial charge on any atom is 0.305 e. The lowest BCUT2D eigenvalue weighted by Crippen LogP contribution is -2.52. The highest BCUT2D eigenvalue weighted by molar-refractivity contribution is 6.23. The molecule has 0 aliphatic carbocycles. The molecule has 0 aromatic carbocycles. The summed E-state index contributed by atoms with van der Waals surface area (Å²) in [6.07, 6.45) is 3.97. The zero-order valence-electron chi connectivity index (χ0n) is 14.5. The lowest BCUT2D eigenvalue weighted by Gasteiger charge is -2.34. The van der Waals surface area contributed by atoms with Gasteiger partial charge in [0.25, 0.3) is 6.29 Å². The SMILES string of the molecule is CC(=O)OC(OC(C)=O)[C@@]12C=C[C@@H](O1)[C@H]1C(=O)N(c3ccncc3)C(=O)[C@@H]12. The molecule has 9 heteroatoms. The van der Waals surface area contributed by atoms with E-state index in [1.807, 2.05) is 0 Å². The fourth-order valence-electron chi connectivity index (χ4n) is 3.96. The molecule has 0 saturated carbocycles. The second kappa shape index (κ2) is 5.98. The first kappa shape index (κ1) is 17.3.